The van der Waals surface area contributed by atoms with Crippen molar-refractivity contribution in [2.75, 3.05) is 5.75 Å². The number of hydrogen-bond acceptors (Lipinski definition) is 4. The van der Waals surface area contributed by atoms with Gasteiger partial charge in [0, 0.05) is 0 Å². The van der Waals surface area contributed by atoms with Crippen molar-refractivity contribution in [2.45, 2.75) is 18.6 Å². The van der Waals surface area contributed by atoms with Crippen molar-refractivity contribution >= 4 is 20.0 Å². The topological polar surface area (TPSA) is 80.3 Å². The van der Waals surface area contributed by atoms with Gasteiger partial charge in [0.1, 0.15) is 0 Å². The number of hydrogen-bond donors (Lipinski definition) is 1. The molecular formula is C4H9NO4S2. The van der Waals surface area contributed by atoms with Crippen LogP contribution < -0.4 is 4.13 Å². The smallest absolute Gasteiger partial charge is 0.211 e. The van der Waals surface area contributed by atoms with Crippen molar-refractivity contribution in [2.24, 2.45) is 0 Å². The van der Waals surface area contributed by atoms with Crippen molar-refractivity contribution < 1.29 is 16.8 Å². The lowest BCUT2D eigenvalue weighted by Gasteiger charge is -2.10. The van der Waals surface area contributed by atoms with Crippen molar-refractivity contribution in [3.8, 4) is 0 Å². The molecule has 11 heavy (non-hydrogen) atoms. The Morgan fingerprint density at radius 3 is 1.73 bits per heavy atom. The molecular weight excluding hydrogens is 190 g/mol. The molecule has 0 unspecified atom stereocenters. The van der Waals surface area contributed by atoms with Gasteiger partial charge in [-0.15, -0.1) is 4.13 Å². The van der Waals surface area contributed by atoms with Crippen LogP contribution in [0.4, 0.5) is 0 Å². The molecule has 0 amide bonds. The molecule has 0 saturated carbocycles. The molecule has 0 aliphatic carbocycles. The Balaban J connectivity index is 3.31. The van der Waals surface area contributed by atoms with Crippen molar-refractivity contribution in [3.05, 3.63) is 0 Å². The third-order valence-corrected chi connectivity index (χ3v) is 6.28. The van der Waals surface area contributed by atoms with Crippen molar-refractivity contribution in [3.63, 3.8) is 0 Å². The minimum Gasteiger partial charge on any atom is -0.211 e. The van der Waals surface area contributed by atoms with Gasteiger partial charge in [-0.1, -0.05) is 0 Å². The van der Waals surface area contributed by atoms with Crippen LogP contribution in [0.1, 0.15) is 13.8 Å². The van der Waals surface area contributed by atoms with Crippen LogP contribution in [0.5, 0.6) is 0 Å². The molecule has 1 fully saturated rings. The van der Waals surface area contributed by atoms with Crippen LogP contribution in [-0.4, -0.2) is 27.3 Å². The lowest BCUT2D eigenvalue weighted by molar-refractivity contribution is 0.565. The summed E-state index contributed by atoms with van der Waals surface area (Å²) >= 11 is 0. The van der Waals surface area contributed by atoms with Gasteiger partial charge in [-0.25, -0.2) is 16.8 Å². The molecule has 0 radical (unpaired) electrons. The molecule has 1 saturated heterocycles. The summed E-state index contributed by atoms with van der Waals surface area (Å²) in [5.74, 6) is -0.359. The molecule has 0 spiro atoms. The van der Waals surface area contributed by atoms with Crippen LogP contribution in [0.2, 0.25) is 0 Å². The van der Waals surface area contributed by atoms with E-state index >= 15 is 0 Å². The van der Waals surface area contributed by atoms with Crippen LogP contribution in [0.3, 0.4) is 0 Å². The first-order chi connectivity index (χ1) is 4.66. The monoisotopic (exact) mass is 199 g/mol. The summed E-state index contributed by atoms with van der Waals surface area (Å²) in [6.07, 6.45) is 0. The molecule has 0 atom stereocenters. The zero-order chi connectivity index (χ0) is 8.91. The van der Waals surface area contributed by atoms with E-state index in [0.29, 0.717) is 0 Å². The maximum atomic E-state index is 11.0. The highest BCUT2D eigenvalue weighted by molar-refractivity contribution is 8.08. The number of nitrogens with one attached hydrogen (secondary N) is 1. The minimum atomic E-state index is -3.67. The molecule has 5 nitrogen and oxygen atoms in total. The molecule has 1 rings (SSSR count). The molecule has 1 heterocycles. The number of sulfonamides is 2. The molecule has 0 bridgehead atoms. The molecule has 1 aliphatic heterocycles. The third kappa shape index (κ3) is 1.40. The highest BCUT2D eigenvalue weighted by atomic mass is 32.3. The van der Waals surface area contributed by atoms with Gasteiger partial charge in [-0.2, -0.15) is 0 Å². The van der Waals surface area contributed by atoms with Crippen molar-refractivity contribution in [1.82, 2.24) is 4.13 Å². The Morgan fingerprint density at radius 1 is 1.18 bits per heavy atom. The summed E-state index contributed by atoms with van der Waals surface area (Å²) in [5.41, 5.74) is 0. The van der Waals surface area contributed by atoms with Gasteiger partial charge < -0.3 is 0 Å². The average Bonchev–Trinajstić information content (AvgIpc) is 1.66. The summed E-state index contributed by atoms with van der Waals surface area (Å²) in [7, 11) is -7.27. The Labute approximate surface area is 65.9 Å². The van der Waals surface area contributed by atoms with E-state index < -0.39 is 24.8 Å². The Kier molecular flexibility index (Phi) is 1.60. The summed E-state index contributed by atoms with van der Waals surface area (Å²) in [6.45, 7) is 2.75. The molecule has 0 aromatic carbocycles. The van der Waals surface area contributed by atoms with Gasteiger partial charge in [0.15, 0.2) is 0 Å². The maximum Gasteiger partial charge on any atom is 0.230 e. The van der Waals surface area contributed by atoms with Crippen LogP contribution in [-0.2, 0) is 20.0 Å². The van der Waals surface area contributed by atoms with Crippen LogP contribution in [0.25, 0.3) is 0 Å². The van der Waals surface area contributed by atoms with E-state index in [-0.39, 0.29) is 5.75 Å². The Morgan fingerprint density at radius 2 is 1.64 bits per heavy atom. The Bertz CT molecular complexity index is 363. The predicted octanol–water partition coefficient (Wildman–Crippen LogP) is -0.972. The van der Waals surface area contributed by atoms with Gasteiger partial charge in [-0.3, -0.25) is 0 Å². The standard InChI is InChI=1S/C4H9NO4S2/c1-4(2)3-10(6,7)5-11(4,8)9/h5H,3H2,1-2H3. The molecule has 0 aromatic heterocycles. The summed E-state index contributed by atoms with van der Waals surface area (Å²) in [4.78, 5) is 0. The van der Waals surface area contributed by atoms with Crippen molar-refractivity contribution in [1.29, 1.82) is 0 Å². The second-order valence-corrected chi connectivity index (χ2v) is 7.40. The summed E-state index contributed by atoms with van der Waals surface area (Å²) < 4.78 is 44.0. The molecule has 1 aliphatic rings. The van der Waals surface area contributed by atoms with Crippen LogP contribution in [0, 0.1) is 0 Å². The molecule has 0 aromatic rings. The van der Waals surface area contributed by atoms with E-state index in [1.54, 1.807) is 4.13 Å². The lowest BCUT2D eigenvalue weighted by Crippen LogP contribution is -2.32. The quantitative estimate of drug-likeness (QED) is 0.544. The molecule has 7 heteroatoms. The summed E-state index contributed by atoms with van der Waals surface area (Å²) in [5, 5.41) is 0. The van der Waals surface area contributed by atoms with Gasteiger partial charge in [0.25, 0.3) is 0 Å². The van der Waals surface area contributed by atoms with Gasteiger partial charge in [0.2, 0.25) is 20.0 Å². The van der Waals surface area contributed by atoms with E-state index in [4.69, 9.17) is 0 Å². The van der Waals surface area contributed by atoms with Gasteiger partial charge in [-0.05, 0) is 13.8 Å². The first-order valence-corrected chi connectivity index (χ1v) is 6.06. The third-order valence-electron chi connectivity index (χ3n) is 1.50. The second-order valence-electron chi connectivity index (χ2n) is 3.11. The van der Waals surface area contributed by atoms with Crippen LogP contribution in [0.15, 0.2) is 0 Å². The highest BCUT2D eigenvalue weighted by Crippen LogP contribution is 2.24. The average molecular weight is 199 g/mol. The fourth-order valence-corrected chi connectivity index (χ4v) is 5.32. The lowest BCUT2D eigenvalue weighted by atomic mass is 10.2. The zero-order valence-electron chi connectivity index (χ0n) is 6.16. The fraction of sp³-hybridized carbons (Fsp3) is 1.00. The van der Waals surface area contributed by atoms with Crippen LogP contribution >= 0.6 is 0 Å². The minimum absolute atomic E-state index is 0.359. The molecule has 1 N–H and O–H groups in total. The van der Waals surface area contributed by atoms with E-state index in [1.807, 2.05) is 0 Å². The first kappa shape index (κ1) is 8.95. The fourth-order valence-electron chi connectivity index (χ4n) is 0.845. The molecule has 66 valence electrons. The first-order valence-electron chi connectivity index (χ1n) is 2.92. The zero-order valence-corrected chi connectivity index (χ0v) is 7.79. The predicted molar refractivity (Wildman–Crippen MR) is 39.9 cm³/mol. The summed E-state index contributed by atoms with van der Waals surface area (Å²) in [6, 6.07) is 0. The van der Waals surface area contributed by atoms with E-state index in [0.717, 1.165) is 0 Å². The number of rotatable bonds is 0. The van der Waals surface area contributed by atoms with E-state index in [9.17, 15) is 16.8 Å². The highest BCUT2D eigenvalue weighted by Gasteiger charge is 2.48. The van der Waals surface area contributed by atoms with Gasteiger partial charge >= 0.3 is 0 Å². The van der Waals surface area contributed by atoms with E-state index in [2.05, 4.69) is 0 Å². The SMILES string of the molecule is CC1(C)CS(=O)(=O)NS1(=O)=O. The van der Waals surface area contributed by atoms with E-state index in [1.165, 1.54) is 13.8 Å². The Hall–Kier alpha value is -0.140. The largest absolute Gasteiger partial charge is 0.230 e. The maximum absolute atomic E-state index is 11.0. The second kappa shape index (κ2) is 1.96. The normalized spacial score (nSPS) is 31.8. The van der Waals surface area contributed by atoms with Gasteiger partial charge in [0.05, 0.1) is 10.5 Å².